The summed E-state index contributed by atoms with van der Waals surface area (Å²) in [4.78, 5) is 0. The Bertz CT molecular complexity index is 294. The standard InChI is InChI=1S/C14H22FN/c1-4-5-11(2)16-12(3)10-13-6-8-14(15)9-7-13/h6-9,11-12,16H,4-5,10H2,1-3H3. The van der Waals surface area contributed by atoms with E-state index in [4.69, 9.17) is 0 Å². The Morgan fingerprint density at radius 2 is 1.75 bits per heavy atom. The van der Waals surface area contributed by atoms with E-state index in [1.165, 1.54) is 30.5 Å². The summed E-state index contributed by atoms with van der Waals surface area (Å²) in [7, 11) is 0. The molecule has 2 heteroatoms. The van der Waals surface area contributed by atoms with Crippen molar-refractivity contribution in [2.45, 2.75) is 52.1 Å². The zero-order valence-electron chi connectivity index (χ0n) is 10.5. The summed E-state index contributed by atoms with van der Waals surface area (Å²) in [5.41, 5.74) is 1.19. The lowest BCUT2D eigenvalue weighted by molar-refractivity contribution is 0.441. The molecule has 0 aromatic heterocycles. The van der Waals surface area contributed by atoms with Crippen molar-refractivity contribution in [3.8, 4) is 0 Å². The van der Waals surface area contributed by atoms with Gasteiger partial charge in [-0.1, -0.05) is 25.5 Å². The Kier molecular flexibility index (Phi) is 5.47. The van der Waals surface area contributed by atoms with Gasteiger partial charge in [-0.25, -0.2) is 4.39 Å². The fourth-order valence-corrected chi connectivity index (χ4v) is 2.04. The fourth-order valence-electron chi connectivity index (χ4n) is 2.04. The van der Waals surface area contributed by atoms with Crippen molar-refractivity contribution in [3.05, 3.63) is 35.6 Å². The van der Waals surface area contributed by atoms with Gasteiger partial charge in [-0.05, 0) is 44.4 Å². The third-order valence-corrected chi connectivity index (χ3v) is 2.75. The van der Waals surface area contributed by atoms with Gasteiger partial charge in [0.05, 0.1) is 0 Å². The Hall–Kier alpha value is -0.890. The molecule has 0 saturated heterocycles. The molecule has 1 aromatic carbocycles. The van der Waals surface area contributed by atoms with E-state index in [9.17, 15) is 4.39 Å². The molecule has 0 saturated carbocycles. The van der Waals surface area contributed by atoms with Crippen LogP contribution >= 0.6 is 0 Å². The molecule has 1 N–H and O–H groups in total. The van der Waals surface area contributed by atoms with Crippen LogP contribution in [-0.2, 0) is 6.42 Å². The summed E-state index contributed by atoms with van der Waals surface area (Å²) in [6, 6.07) is 7.76. The fraction of sp³-hybridized carbons (Fsp3) is 0.571. The Morgan fingerprint density at radius 1 is 1.12 bits per heavy atom. The van der Waals surface area contributed by atoms with Crippen LogP contribution in [0.1, 0.15) is 39.2 Å². The maximum atomic E-state index is 12.7. The molecular weight excluding hydrogens is 201 g/mol. The van der Waals surface area contributed by atoms with Gasteiger partial charge in [0.15, 0.2) is 0 Å². The molecule has 0 aliphatic rings. The molecule has 0 amide bonds. The van der Waals surface area contributed by atoms with Crippen LogP contribution in [-0.4, -0.2) is 12.1 Å². The second-order valence-corrected chi connectivity index (χ2v) is 4.59. The molecule has 0 heterocycles. The third kappa shape index (κ3) is 4.75. The minimum Gasteiger partial charge on any atom is -0.311 e. The molecule has 0 spiro atoms. The average Bonchev–Trinajstić information content (AvgIpc) is 2.21. The van der Waals surface area contributed by atoms with Crippen molar-refractivity contribution in [2.75, 3.05) is 0 Å². The van der Waals surface area contributed by atoms with Crippen molar-refractivity contribution in [1.29, 1.82) is 0 Å². The summed E-state index contributed by atoms with van der Waals surface area (Å²) in [5, 5.41) is 3.55. The van der Waals surface area contributed by atoms with Crippen molar-refractivity contribution < 1.29 is 4.39 Å². The number of benzene rings is 1. The van der Waals surface area contributed by atoms with E-state index in [0.29, 0.717) is 12.1 Å². The lowest BCUT2D eigenvalue weighted by Gasteiger charge is -2.19. The van der Waals surface area contributed by atoms with Gasteiger partial charge in [-0.2, -0.15) is 0 Å². The molecule has 16 heavy (non-hydrogen) atoms. The first kappa shape index (κ1) is 13.2. The van der Waals surface area contributed by atoms with E-state index in [1.807, 2.05) is 12.1 Å². The molecule has 0 radical (unpaired) electrons. The number of halogens is 1. The Morgan fingerprint density at radius 3 is 2.31 bits per heavy atom. The van der Waals surface area contributed by atoms with Crippen LogP contribution in [0, 0.1) is 5.82 Å². The van der Waals surface area contributed by atoms with Crippen LogP contribution in [0.4, 0.5) is 4.39 Å². The number of hydrogen-bond acceptors (Lipinski definition) is 1. The highest BCUT2D eigenvalue weighted by Gasteiger charge is 2.07. The van der Waals surface area contributed by atoms with E-state index in [1.54, 1.807) is 0 Å². The van der Waals surface area contributed by atoms with Crippen LogP contribution in [0.25, 0.3) is 0 Å². The van der Waals surface area contributed by atoms with Crippen LogP contribution in [0.15, 0.2) is 24.3 Å². The topological polar surface area (TPSA) is 12.0 Å². The molecule has 2 atom stereocenters. The molecule has 0 fully saturated rings. The van der Waals surface area contributed by atoms with Gasteiger partial charge in [-0.3, -0.25) is 0 Å². The quantitative estimate of drug-likeness (QED) is 0.778. The summed E-state index contributed by atoms with van der Waals surface area (Å²) < 4.78 is 12.7. The molecule has 90 valence electrons. The van der Waals surface area contributed by atoms with Crippen LogP contribution in [0.5, 0.6) is 0 Å². The Labute approximate surface area is 98.1 Å². The SMILES string of the molecule is CCCC(C)NC(C)Cc1ccc(F)cc1. The van der Waals surface area contributed by atoms with E-state index >= 15 is 0 Å². The number of hydrogen-bond donors (Lipinski definition) is 1. The zero-order chi connectivity index (χ0) is 12.0. The summed E-state index contributed by atoms with van der Waals surface area (Å²) in [6.07, 6.45) is 3.36. The van der Waals surface area contributed by atoms with Gasteiger partial charge >= 0.3 is 0 Å². The lowest BCUT2D eigenvalue weighted by Crippen LogP contribution is -2.35. The highest BCUT2D eigenvalue weighted by Crippen LogP contribution is 2.07. The molecule has 2 unspecified atom stereocenters. The number of rotatable bonds is 6. The monoisotopic (exact) mass is 223 g/mol. The second kappa shape index (κ2) is 6.64. The predicted octanol–water partition coefficient (Wildman–Crippen LogP) is 3.53. The van der Waals surface area contributed by atoms with Crippen LogP contribution < -0.4 is 5.32 Å². The first-order valence-electron chi connectivity index (χ1n) is 6.12. The summed E-state index contributed by atoms with van der Waals surface area (Å²) in [5.74, 6) is -0.163. The van der Waals surface area contributed by atoms with Crippen LogP contribution in [0.2, 0.25) is 0 Å². The van der Waals surface area contributed by atoms with E-state index in [-0.39, 0.29) is 5.82 Å². The molecule has 1 aromatic rings. The molecular formula is C14H22FN. The minimum absolute atomic E-state index is 0.163. The van der Waals surface area contributed by atoms with Crippen LogP contribution in [0.3, 0.4) is 0 Å². The first-order chi connectivity index (χ1) is 7.61. The first-order valence-corrected chi connectivity index (χ1v) is 6.12. The maximum absolute atomic E-state index is 12.7. The van der Waals surface area contributed by atoms with Gasteiger partial charge in [-0.15, -0.1) is 0 Å². The van der Waals surface area contributed by atoms with Gasteiger partial charge in [0.25, 0.3) is 0 Å². The van der Waals surface area contributed by atoms with E-state index < -0.39 is 0 Å². The molecule has 1 rings (SSSR count). The highest BCUT2D eigenvalue weighted by atomic mass is 19.1. The van der Waals surface area contributed by atoms with E-state index in [0.717, 1.165) is 6.42 Å². The molecule has 0 bridgehead atoms. The lowest BCUT2D eigenvalue weighted by atomic mass is 10.1. The smallest absolute Gasteiger partial charge is 0.123 e. The second-order valence-electron chi connectivity index (χ2n) is 4.59. The average molecular weight is 223 g/mol. The number of nitrogens with one attached hydrogen (secondary N) is 1. The minimum atomic E-state index is -0.163. The van der Waals surface area contributed by atoms with Gasteiger partial charge in [0, 0.05) is 12.1 Å². The normalized spacial score (nSPS) is 14.8. The maximum Gasteiger partial charge on any atom is 0.123 e. The largest absolute Gasteiger partial charge is 0.311 e. The summed E-state index contributed by atoms with van der Waals surface area (Å²) in [6.45, 7) is 6.59. The van der Waals surface area contributed by atoms with Crippen molar-refractivity contribution in [2.24, 2.45) is 0 Å². The predicted molar refractivity (Wildman–Crippen MR) is 67.1 cm³/mol. The van der Waals surface area contributed by atoms with Gasteiger partial charge in [0.1, 0.15) is 5.82 Å². The van der Waals surface area contributed by atoms with E-state index in [2.05, 4.69) is 26.1 Å². The van der Waals surface area contributed by atoms with Crippen molar-refractivity contribution >= 4 is 0 Å². The van der Waals surface area contributed by atoms with Gasteiger partial charge < -0.3 is 5.32 Å². The zero-order valence-corrected chi connectivity index (χ0v) is 10.5. The highest BCUT2D eigenvalue weighted by molar-refractivity contribution is 5.17. The van der Waals surface area contributed by atoms with Gasteiger partial charge in [0.2, 0.25) is 0 Å². The van der Waals surface area contributed by atoms with Crippen molar-refractivity contribution in [1.82, 2.24) is 5.32 Å². The van der Waals surface area contributed by atoms with Crippen molar-refractivity contribution in [3.63, 3.8) is 0 Å². The Balaban J connectivity index is 2.39. The molecule has 0 aliphatic carbocycles. The molecule has 1 nitrogen and oxygen atoms in total. The molecule has 0 aliphatic heterocycles. The summed E-state index contributed by atoms with van der Waals surface area (Å²) >= 11 is 0. The third-order valence-electron chi connectivity index (χ3n) is 2.75.